The maximum Gasteiger partial charge on any atom is 0.319 e. The van der Waals surface area contributed by atoms with Gasteiger partial charge in [-0.25, -0.2) is 4.79 Å². The zero-order valence-corrected chi connectivity index (χ0v) is 16.3. The average Bonchev–Trinajstić information content (AvgIpc) is 3.18. The molecule has 1 heterocycles. The molecule has 3 amide bonds. The highest BCUT2D eigenvalue weighted by Gasteiger charge is 2.27. The summed E-state index contributed by atoms with van der Waals surface area (Å²) in [4.78, 5) is 26.2. The van der Waals surface area contributed by atoms with Gasteiger partial charge in [0.15, 0.2) is 0 Å². The van der Waals surface area contributed by atoms with Crippen LogP contribution in [0.2, 0.25) is 5.02 Å². The molecule has 0 saturated carbocycles. The van der Waals surface area contributed by atoms with E-state index in [4.69, 9.17) is 11.6 Å². The van der Waals surface area contributed by atoms with Crippen LogP contribution in [-0.2, 0) is 17.8 Å². The van der Waals surface area contributed by atoms with Crippen molar-refractivity contribution < 1.29 is 14.7 Å². The molecule has 1 aliphatic heterocycles. The Kier molecular flexibility index (Phi) is 6.90. The topological polar surface area (TPSA) is 81.7 Å². The highest BCUT2D eigenvalue weighted by atomic mass is 35.5. The Morgan fingerprint density at radius 3 is 2.43 bits per heavy atom. The molecule has 0 aromatic heterocycles. The van der Waals surface area contributed by atoms with E-state index in [0.717, 1.165) is 24.0 Å². The van der Waals surface area contributed by atoms with E-state index >= 15 is 0 Å². The van der Waals surface area contributed by atoms with Crippen molar-refractivity contribution in [2.45, 2.75) is 31.8 Å². The molecule has 3 N–H and O–H groups in total. The quantitative estimate of drug-likeness (QED) is 0.695. The highest BCUT2D eigenvalue weighted by molar-refractivity contribution is 6.30. The second-order valence-corrected chi connectivity index (χ2v) is 7.31. The number of benzene rings is 2. The summed E-state index contributed by atoms with van der Waals surface area (Å²) in [5.41, 5.74) is 2.48. The molecule has 0 spiro atoms. The lowest BCUT2D eigenvalue weighted by molar-refractivity contribution is -0.131. The third-order valence-electron chi connectivity index (χ3n) is 4.84. The predicted molar refractivity (Wildman–Crippen MR) is 109 cm³/mol. The largest absolute Gasteiger partial charge is 0.394 e. The van der Waals surface area contributed by atoms with Crippen LogP contribution < -0.4 is 10.6 Å². The fourth-order valence-electron chi connectivity index (χ4n) is 3.30. The lowest BCUT2D eigenvalue weighted by Gasteiger charge is -2.23. The zero-order valence-electron chi connectivity index (χ0n) is 15.5. The van der Waals surface area contributed by atoms with Crippen LogP contribution in [0, 0.1) is 0 Å². The number of hydrogen-bond acceptors (Lipinski definition) is 3. The molecule has 1 fully saturated rings. The first-order chi connectivity index (χ1) is 13.5. The number of aliphatic hydroxyl groups excluding tert-OH is 1. The van der Waals surface area contributed by atoms with Crippen LogP contribution in [0.5, 0.6) is 0 Å². The summed E-state index contributed by atoms with van der Waals surface area (Å²) in [6.07, 6.45) is 2.08. The number of rotatable bonds is 6. The van der Waals surface area contributed by atoms with Crippen LogP contribution in [0.4, 0.5) is 10.5 Å². The molecular formula is C21H24ClN3O3. The van der Waals surface area contributed by atoms with Crippen molar-refractivity contribution in [3.05, 3.63) is 64.7 Å². The lowest BCUT2D eigenvalue weighted by atomic mass is 10.1. The number of carbonyl (C=O) groups is 2. The van der Waals surface area contributed by atoms with Gasteiger partial charge in [-0.3, -0.25) is 4.79 Å². The summed E-state index contributed by atoms with van der Waals surface area (Å²) in [6.45, 7) is 1.12. The number of nitrogens with one attached hydrogen (secondary N) is 2. The number of amides is 3. The van der Waals surface area contributed by atoms with Crippen LogP contribution in [0.3, 0.4) is 0 Å². The molecule has 1 saturated heterocycles. The molecule has 1 atom stereocenters. The molecule has 7 heteroatoms. The van der Waals surface area contributed by atoms with E-state index in [1.54, 1.807) is 29.2 Å². The number of aliphatic hydroxyl groups is 1. The number of halogens is 1. The van der Waals surface area contributed by atoms with E-state index in [9.17, 15) is 14.7 Å². The summed E-state index contributed by atoms with van der Waals surface area (Å²) < 4.78 is 0. The Morgan fingerprint density at radius 2 is 1.75 bits per heavy atom. The monoisotopic (exact) mass is 401 g/mol. The Morgan fingerprint density at radius 1 is 1.07 bits per heavy atom. The predicted octanol–water partition coefficient (Wildman–Crippen LogP) is 3.19. The number of urea groups is 1. The van der Waals surface area contributed by atoms with Crippen molar-refractivity contribution in [1.82, 2.24) is 10.2 Å². The summed E-state index contributed by atoms with van der Waals surface area (Å²) in [5, 5.41) is 15.6. The van der Waals surface area contributed by atoms with E-state index in [2.05, 4.69) is 10.6 Å². The van der Waals surface area contributed by atoms with E-state index in [0.29, 0.717) is 30.2 Å². The zero-order chi connectivity index (χ0) is 19.9. The SMILES string of the molecule is O=C(NCc1ccc(Cl)cc1)Nc1ccc(CC(=O)N2CCC[C@H]2CO)cc1. The minimum atomic E-state index is -0.304. The van der Waals surface area contributed by atoms with Crippen LogP contribution in [0.25, 0.3) is 0 Å². The van der Waals surface area contributed by atoms with Gasteiger partial charge in [0.2, 0.25) is 5.91 Å². The molecule has 1 aliphatic rings. The van der Waals surface area contributed by atoms with E-state index in [-0.39, 0.29) is 24.6 Å². The number of anilines is 1. The Bertz CT molecular complexity index is 809. The average molecular weight is 402 g/mol. The first kappa shape index (κ1) is 20.2. The maximum absolute atomic E-state index is 12.4. The van der Waals surface area contributed by atoms with Gasteiger partial charge in [0.25, 0.3) is 0 Å². The first-order valence-corrected chi connectivity index (χ1v) is 9.71. The number of nitrogens with zero attached hydrogens (tertiary/aromatic N) is 1. The molecule has 148 valence electrons. The van der Waals surface area contributed by atoms with Crippen molar-refractivity contribution in [2.75, 3.05) is 18.5 Å². The van der Waals surface area contributed by atoms with Gasteiger partial charge in [-0.2, -0.15) is 0 Å². The van der Waals surface area contributed by atoms with Crippen LogP contribution >= 0.6 is 11.6 Å². The van der Waals surface area contributed by atoms with E-state index in [1.165, 1.54) is 0 Å². The Balaban J connectivity index is 1.47. The maximum atomic E-state index is 12.4. The number of likely N-dealkylation sites (tertiary alicyclic amines) is 1. The van der Waals surface area contributed by atoms with Gasteiger partial charge in [-0.1, -0.05) is 35.9 Å². The lowest BCUT2D eigenvalue weighted by Crippen LogP contribution is -2.38. The molecule has 0 radical (unpaired) electrons. The Labute approximate surface area is 169 Å². The summed E-state index contributed by atoms with van der Waals surface area (Å²) in [6, 6.07) is 14.1. The molecule has 2 aromatic rings. The van der Waals surface area contributed by atoms with Crippen molar-refractivity contribution >= 4 is 29.2 Å². The minimum absolute atomic E-state index is 0.0136. The normalized spacial score (nSPS) is 16.1. The third kappa shape index (κ3) is 5.47. The van der Waals surface area contributed by atoms with Crippen molar-refractivity contribution in [1.29, 1.82) is 0 Å². The second kappa shape index (κ2) is 9.57. The molecule has 0 bridgehead atoms. The smallest absolute Gasteiger partial charge is 0.319 e. The number of hydrogen-bond donors (Lipinski definition) is 3. The minimum Gasteiger partial charge on any atom is -0.394 e. The van der Waals surface area contributed by atoms with Gasteiger partial charge in [0, 0.05) is 23.8 Å². The van der Waals surface area contributed by atoms with Gasteiger partial charge >= 0.3 is 6.03 Å². The first-order valence-electron chi connectivity index (χ1n) is 9.33. The van der Waals surface area contributed by atoms with Crippen molar-refractivity contribution in [3.8, 4) is 0 Å². The molecular weight excluding hydrogens is 378 g/mol. The van der Waals surface area contributed by atoms with Gasteiger partial charge in [0.05, 0.1) is 19.1 Å². The van der Waals surface area contributed by atoms with E-state index < -0.39 is 0 Å². The fourth-order valence-corrected chi connectivity index (χ4v) is 3.42. The Hall–Kier alpha value is -2.57. The third-order valence-corrected chi connectivity index (χ3v) is 5.09. The van der Waals surface area contributed by atoms with Gasteiger partial charge in [-0.15, -0.1) is 0 Å². The highest BCUT2D eigenvalue weighted by Crippen LogP contribution is 2.19. The van der Waals surface area contributed by atoms with Gasteiger partial charge in [0.1, 0.15) is 0 Å². The molecule has 2 aromatic carbocycles. The summed E-state index contributed by atoms with van der Waals surface area (Å²) in [5.74, 6) is 0.0259. The van der Waals surface area contributed by atoms with E-state index in [1.807, 2.05) is 24.3 Å². The molecule has 3 rings (SSSR count). The van der Waals surface area contributed by atoms with Crippen molar-refractivity contribution in [2.24, 2.45) is 0 Å². The molecule has 28 heavy (non-hydrogen) atoms. The molecule has 0 aliphatic carbocycles. The van der Waals surface area contributed by atoms with Gasteiger partial charge < -0.3 is 20.6 Å². The van der Waals surface area contributed by atoms with Crippen molar-refractivity contribution in [3.63, 3.8) is 0 Å². The second-order valence-electron chi connectivity index (χ2n) is 6.87. The van der Waals surface area contributed by atoms with Crippen LogP contribution in [0.1, 0.15) is 24.0 Å². The number of carbonyl (C=O) groups excluding carboxylic acids is 2. The summed E-state index contributed by atoms with van der Waals surface area (Å²) in [7, 11) is 0. The fraction of sp³-hybridized carbons (Fsp3) is 0.333. The molecule has 6 nitrogen and oxygen atoms in total. The molecule has 0 unspecified atom stereocenters. The van der Waals surface area contributed by atoms with Gasteiger partial charge in [-0.05, 0) is 48.2 Å². The van der Waals surface area contributed by atoms with Crippen LogP contribution in [0.15, 0.2) is 48.5 Å². The standard InChI is InChI=1S/C21H24ClN3O3/c22-17-7-3-16(4-8-17)13-23-21(28)24-18-9-5-15(6-10-18)12-20(27)25-11-1-2-19(25)14-26/h3-10,19,26H,1-2,11-14H2,(H2,23,24,28)/t19-/m0/s1. The van der Waals surface area contributed by atoms with Crippen LogP contribution in [-0.4, -0.2) is 41.1 Å². The summed E-state index contributed by atoms with van der Waals surface area (Å²) >= 11 is 5.84.